The van der Waals surface area contributed by atoms with E-state index in [9.17, 15) is 0 Å². The monoisotopic (exact) mass is 364 g/mol. The minimum absolute atomic E-state index is 0.368. The van der Waals surface area contributed by atoms with Crippen molar-refractivity contribution in [2.75, 3.05) is 46.0 Å². The lowest BCUT2D eigenvalue weighted by Gasteiger charge is -2.57. The molecule has 4 rings (SSSR count). The zero-order valence-electron chi connectivity index (χ0n) is 16.5. The Morgan fingerprint density at radius 1 is 1.23 bits per heavy atom. The average Bonchev–Trinajstić information content (AvgIpc) is 3.33. The van der Waals surface area contributed by atoms with E-state index in [1.54, 1.807) is 0 Å². The first-order chi connectivity index (χ1) is 12.7. The average molecular weight is 365 g/mol. The summed E-state index contributed by atoms with van der Waals surface area (Å²) in [5.41, 5.74) is 0.368. The van der Waals surface area contributed by atoms with Crippen molar-refractivity contribution >= 4 is 5.96 Å². The highest BCUT2D eigenvalue weighted by atomic mass is 16.5. The molecule has 1 spiro atoms. The van der Waals surface area contributed by atoms with E-state index in [0.717, 1.165) is 52.0 Å². The van der Waals surface area contributed by atoms with Gasteiger partial charge in [-0.1, -0.05) is 12.8 Å². The fraction of sp³-hybridized carbons (Fsp3) is 0.950. The number of aliphatic imine (C=N–C) groups is 1. The van der Waals surface area contributed by atoms with E-state index in [0.29, 0.717) is 29.5 Å². The molecule has 148 valence electrons. The summed E-state index contributed by atoms with van der Waals surface area (Å²) in [6, 6.07) is 0.993. The van der Waals surface area contributed by atoms with Crippen molar-refractivity contribution in [3.05, 3.63) is 0 Å². The number of nitrogens with one attached hydrogen (secondary N) is 2. The Hall–Kier alpha value is -0.850. The smallest absolute Gasteiger partial charge is 0.191 e. The van der Waals surface area contributed by atoms with Crippen molar-refractivity contribution in [2.24, 2.45) is 16.3 Å². The molecule has 6 nitrogen and oxygen atoms in total. The number of hydrogen-bond acceptors (Lipinski definition) is 4. The van der Waals surface area contributed by atoms with Crippen LogP contribution in [0.3, 0.4) is 0 Å². The summed E-state index contributed by atoms with van der Waals surface area (Å²) in [6.45, 7) is 10.8. The maximum Gasteiger partial charge on any atom is 0.191 e. The lowest BCUT2D eigenvalue weighted by atomic mass is 9.54. The minimum Gasteiger partial charge on any atom is -0.379 e. The quantitative estimate of drug-likeness (QED) is 0.573. The van der Waals surface area contributed by atoms with Gasteiger partial charge in [-0.25, -0.2) is 0 Å². The van der Waals surface area contributed by atoms with Gasteiger partial charge in [-0.3, -0.25) is 9.89 Å². The third-order valence-electron chi connectivity index (χ3n) is 7.11. The molecule has 0 amide bonds. The fourth-order valence-corrected chi connectivity index (χ4v) is 5.73. The molecule has 0 aromatic carbocycles. The Balaban J connectivity index is 1.39. The number of guanidine groups is 1. The second kappa shape index (κ2) is 8.03. The van der Waals surface area contributed by atoms with Crippen LogP contribution >= 0.6 is 0 Å². The van der Waals surface area contributed by atoms with Crippen LogP contribution in [0.2, 0.25) is 0 Å². The van der Waals surface area contributed by atoms with E-state index in [-0.39, 0.29) is 0 Å². The van der Waals surface area contributed by atoms with Crippen molar-refractivity contribution in [1.29, 1.82) is 0 Å². The van der Waals surface area contributed by atoms with Crippen LogP contribution in [0, 0.1) is 11.3 Å². The van der Waals surface area contributed by atoms with Crippen LogP contribution < -0.4 is 10.6 Å². The zero-order chi connectivity index (χ0) is 18.0. The molecule has 2 saturated carbocycles. The molecule has 26 heavy (non-hydrogen) atoms. The van der Waals surface area contributed by atoms with Gasteiger partial charge in [0.05, 0.1) is 25.9 Å². The molecule has 4 aliphatic rings. The molecule has 6 heteroatoms. The molecule has 0 aromatic heterocycles. The third-order valence-corrected chi connectivity index (χ3v) is 7.11. The van der Waals surface area contributed by atoms with Gasteiger partial charge in [-0.05, 0) is 33.1 Å². The van der Waals surface area contributed by atoms with Crippen LogP contribution in [0.15, 0.2) is 4.99 Å². The van der Waals surface area contributed by atoms with E-state index in [1.807, 2.05) is 0 Å². The SMILES string of the molecule is CCNC(=NCC(C)N1CCOCC1)NC1C2CCOC2C12CCCC2. The van der Waals surface area contributed by atoms with Crippen LogP contribution in [0.4, 0.5) is 0 Å². The summed E-state index contributed by atoms with van der Waals surface area (Å²) < 4.78 is 11.6. The molecule has 0 aromatic rings. The number of morpholine rings is 1. The lowest BCUT2D eigenvalue weighted by molar-refractivity contribution is -0.125. The maximum atomic E-state index is 6.12. The van der Waals surface area contributed by atoms with E-state index >= 15 is 0 Å². The second-order valence-corrected chi connectivity index (χ2v) is 8.52. The van der Waals surface area contributed by atoms with Gasteiger partial charge in [0.1, 0.15) is 0 Å². The predicted octanol–water partition coefficient (Wildman–Crippen LogP) is 1.61. The fourth-order valence-electron chi connectivity index (χ4n) is 5.73. The van der Waals surface area contributed by atoms with Gasteiger partial charge in [-0.15, -0.1) is 0 Å². The Morgan fingerprint density at radius 2 is 2.00 bits per heavy atom. The van der Waals surface area contributed by atoms with Gasteiger partial charge in [0, 0.05) is 49.7 Å². The molecule has 0 radical (unpaired) electrons. The number of rotatable bonds is 5. The molecule has 2 heterocycles. The molecular formula is C20H36N4O2. The summed E-state index contributed by atoms with van der Waals surface area (Å²) >= 11 is 0. The molecule has 0 bridgehead atoms. The maximum absolute atomic E-state index is 6.12. The second-order valence-electron chi connectivity index (χ2n) is 8.52. The molecule has 2 saturated heterocycles. The summed E-state index contributed by atoms with van der Waals surface area (Å²) in [5, 5.41) is 7.31. The normalized spacial score (nSPS) is 35.2. The first kappa shape index (κ1) is 18.5. The summed E-state index contributed by atoms with van der Waals surface area (Å²) in [5.74, 6) is 1.67. The number of hydrogen-bond donors (Lipinski definition) is 2. The van der Waals surface area contributed by atoms with Gasteiger partial charge >= 0.3 is 0 Å². The Kier molecular flexibility index (Phi) is 5.72. The Labute approximate surface area is 158 Å². The van der Waals surface area contributed by atoms with Gasteiger partial charge in [0.2, 0.25) is 0 Å². The van der Waals surface area contributed by atoms with Crippen LogP contribution in [0.5, 0.6) is 0 Å². The Bertz CT molecular complexity index is 500. The summed E-state index contributed by atoms with van der Waals surface area (Å²) in [6.07, 6.45) is 7.04. The predicted molar refractivity (Wildman–Crippen MR) is 104 cm³/mol. The molecule has 4 fully saturated rings. The van der Waals surface area contributed by atoms with E-state index < -0.39 is 0 Å². The Morgan fingerprint density at radius 3 is 2.73 bits per heavy atom. The first-order valence-corrected chi connectivity index (χ1v) is 10.7. The standard InChI is InChI=1S/C20H36N4O2/c1-3-21-19(22-14-15(2)24-9-12-25-13-10-24)23-17-16-6-11-26-18(16)20(17)7-4-5-8-20/h15-18H,3-14H2,1-2H3,(H2,21,22,23). The molecule has 2 N–H and O–H groups in total. The highest BCUT2D eigenvalue weighted by Crippen LogP contribution is 2.60. The number of ether oxygens (including phenoxy) is 2. The van der Waals surface area contributed by atoms with Crippen molar-refractivity contribution in [3.8, 4) is 0 Å². The molecule has 4 atom stereocenters. The molecule has 2 aliphatic carbocycles. The molecule has 4 unspecified atom stereocenters. The van der Waals surface area contributed by atoms with E-state index in [4.69, 9.17) is 14.5 Å². The van der Waals surface area contributed by atoms with E-state index in [2.05, 4.69) is 29.4 Å². The molecule has 2 aliphatic heterocycles. The van der Waals surface area contributed by atoms with Crippen molar-refractivity contribution < 1.29 is 9.47 Å². The van der Waals surface area contributed by atoms with Gasteiger partial charge < -0.3 is 20.1 Å². The third kappa shape index (κ3) is 3.36. The van der Waals surface area contributed by atoms with Crippen LogP contribution in [-0.2, 0) is 9.47 Å². The lowest BCUT2D eigenvalue weighted by Crippen LogP contribution is -2.69. The van der Waals surface area contributed by atoms with Crippen LogP contribution in [-0.4, -0.2) is 75.0 Å². The highest BCUT2D eigenvalue weighted by Gasteiger charge is 2.65. The topological polar surface area (TPSA) is 58.1 Å². The van der Waals surface area contributed by atoms with Crippen molar-refractivity contribution in [1.82, 2.24) is 15.5 Å². The summed E-state index contributed by atoms with van der Waals surface area (Å²) in [7, 11) is 0. The largest absolute Gasteiger partial charge is 0.379 e. The first-order valence-electron chi connectivity index (χ1n) is 10.7. The van der Waals surface area contributed by atoms with Gasteiger partial charge in [-0.2, -0.15) is 0 Å². The van der Waals surface area contributed by atoms with Crippen LogP contribution in [0.25, 0.3) is 0 Å². The van der Waals surface area contributed by atoms with Crippen molar-refractivity contribution in [2.45, 2.75) is 64.1 Å². The zero-order valence-corrected chi connectivity index (χ0v) is 16.5. The number of nitrogens with zero attached hydrogens (tertiary/aromatic N) is 2. The number of fused-ring (bicyclic) bond motifs is 2. The van der Waals surface area contributed by atoms with Crippen LogP contribution in [0.1, 0.15) is 46.0 Å². The minimum atomic E-state index is 0.368. The molecular weight excluding hydrogens is 328 g/mol. The van der Waals surface area contributed by atoms with E-state index in [1.165, 1.54) is 32.1 Å². The van der Waals surface area contributed by atoms with Gasteiger partial charge in [0.15, 0.2) is 5.96 Å². The van der Waals surface area contributed by atoms with Gasteiger partial charge in [0.25, 0.3) is 0 Å². The highest BCUT2D eigenvalue weighted by molar-refractivity contribution is 5.80. The van der Waals surface area contributed by atoms with Crippen molar-refractivity contribution in [3.63, 3.8) is 0 Å². The summed E-state index contributed by atoms with van der Waals surface area (Å²) in [4.78, 5) is 7.44.